The first-order chi connectivity index (χ1) is 9.07. The van der Waals surface area contributed by atoms with Crippen molar-refractivity contribution in [2.45, 2.75) is 41.5 Å². The van der Waals surface area contributed by atoms with Crippen LogP contribution in [-0.2, 0) is 10.0 Å². The van der Waals surface area contributed by atoms with E-state index in [9.17, 15) is 8.42 Å². The van der Waals surface area contributed by atoms with Gasteiger partial charge in [0.15, 0.2) is 0 Å². The molecule has 2 heterocycles. The average Bonchev–Trinajstić information content (AvgIpc) is 2.89. The molecule has 2 aromatic heterocycles. The van der Waals surface area contributed by atoms with Gasteiger partial charge in [0, 0.05) is 17.8 Å². The van der Waals surface area contributed by atoms with E-state index in [2.05, 4.69) is 10.1 Å². The van der Waals surface area contributed by atoms with Crippen LogP contribution in [0.2, 0.25) is 0 Å². The standard InChI is InChI=1S/C7H7N3O2S.3C2H6/c1-13(11,12)10-5-6-4-8-3-2-7(6)9-10;3*1-2/h2-5H,1H3;3*1-2H3. The SMILES string of the molecule is CC.CC.CC.CS(=O)(=O)n1cc2cnccc2n1. The molecular weight excluding hydrogens is 262 g/mol. The molecule has 0 radical (unpaired) electrons. The van der Waals surface area contributed by atoms with E-state index in [-0.39, 0.29) is 0 Å². The van der Waals surface area contributed by atoms with Gasteiger partial charge in [0.1, 0.15) is 0 Å². The highest BCUT2D eigenvalue weighted by Gasteiger charge is 2.07. The van der Waals surface area contributed by atoms with Crippen LogP contribution in [0.5, 0.6) is 0 Å². The van der Waals surface area contributed by atoms with Gasteiger partial charge in [0.25, 0.3) is 10.0 Å². The molecule has 19 heavy (non-hydrogen) atoms. The van der Waals surface area contributed by atoms with Crippen LogP contribution in [0.15, 0.2) is 24.7 Å². The maximum atomic E-state index is 11.1. The van der Waals surface area contributed by atoms with Gasteiger partial charge in [-0.15, -0.1) is 0 Å². The zero-order valence-electron chi connectivity index (χ0n) is 12.9. The molecule has 0 N–H and O–H groups in total. The second-order valence-corrected chi connectivity index (χ2v) is 4.54. The second kappa shape index (κ2) is 10.5. The van der Waals surface area contributed by atoms with Crippen molar-refractivity contribution in [3.05, 3.63) is 24.7 Å². The summed E-state index contributed by atoms with van der Waals surface area (Å²) in [5, 5.41) is 4.59. The van der Waals surface area contributed by atoms with Crippen molar-refractivity contribution >= 4 is 20.9 Å². The molecule has 0 atom stereocenters. The van der Waals surface area contributed by atoms with Crippen molar-refractivity contribution < 1.29 is 8.42 Å². The second-order valence-electron chi connectivity index (χ2n) is 2.70. The molecule has 0 spiro atoms. The molecule has 0 unspecified atom stereocenters. The molecule has 0 bridgehead atoms. The fraction of sp³-hybridized carbons (Fsp3) is 0.538. The Morgan fingerprint density at radius 1 is 1.05 bits per heavy atom. The molecule has 110 valence electrons. The fourth-order valence-corrected chi connectivity index (χ4v) is 1.56. The van der Waals surface area contributed by atoms with Crippen molar-refractivity contribution in [3.63, 3.8) is 0 Å². The summed E-state index contributed by atoms with van der Waals surface area (Å²) < 4.78 is 23.1. The van der Waals surface area contributed by atoms with Crippen LogP contribution in [0.1, 0.15) is 41.5 Å². The molecular formula is C13H25N3O2S. The molecule has 2 rings (SSSR count). The monoisotopic (exact) mass is 287 g/mol. The molecule has 0 aromatic carbocycles. The first-order valence-electron chi connectivity index (χ1n) is 6.57. The van der Waals surface area contributed by atoms with Crippen molar-refractivity contribution in [3.8, 4) is 0 Å². The smallest absolute Gasteiger partial charge is 0.250 e. The van der Waals surface area contributed by atoms with E-state index >= 15 is 0 Å². The zero-order valence-corrected chi connectivity index (χ0v) is 13.7. The van der Waals surface area contributed by atoms with Crippen LogP contribution >= 0.6 is 0 Å². The molecule has 0 amide bonds. The van der Waals surface area contributed by atoms with E-state index in [1.807, 2.05) is 41.5 Å². The summed E-state index contributed by atoms with van der Waals surface area (Å²) in [6, 6.07) is 1.66. The molecule has 2 aromatic rings. The van der Waals surface area contributed by atoms with E-state index in [1.54, 1.807) is 18.5 Å². The van der Waals surface area contributed by atoms with Gasteiger partial charge in [0.05, 0.1) is 18.0 Å². The number of pyridine rings is 1. The Labute approximate surface area is 116 Å². The van der Waals surface area contributed by atoms with Crippen LogP contribution in [-0.4, -0.2) is 28.8 Å². The van der Waals surface area contributed by atoms with Gasteiger partial charge in [-0.25, -0.2) is 8.42 Å². The number of fused-ring (bicyclic) bond motifs is 1. The summed E-state index contributed by atoms with van der Waals surface area (Å²) in [6.45, 7) is 12.0. The molecule has 0 fully saturated rings. The summed E-state index contributed by atoms with van der Waals surface area (Å²) in [4.78, 5) is 3.86. The van der Waals surface area contributed by atoms with Crippen LogP contribution in [0.3, 0.4) is 0 Å². The van der Waals surface area contributed by atoms with E-state index < -0.39 is 10.0 Å². The molecule has 5 nitrogen and oxygen atoms in total. The summed E-state index contributed by atoms with van der Waals surface area (Å²) >= 11 is 0. The van der Waals surface area contributed by atoms with Gasteiger partial charge in [-0.05, 0) is 6.07 Å². The summed E-state index contributed by atoms with van der Waals surface area (Å²) in [7, 11) is -3.29. The Balaban J connectivity index is 0. The molecule has 0 aliphatic heterocycles. The van der Waals surface area contributed by atoms with Crippen molar-refractivity contribution in [2.24, 2.45) is 0 Å². The van der Waals surface area contributed by atoms with Gasteiger partial charge in [-0.1, -0.05) is 41.5 Å². The van der Waals surface area contributed by atoms with Crippen LogP contribution in [0.4, 0.5) is 0 Å². The lowest BCUT2D eigenvalue weighted by atomic mass is 10.3. The maximum absolute atomic E-state index is 11.1. The number of aromatic nitrogens is 3. The Bertz CT molecular complexity index is 515. The Kier molecular flexibility index (Phi) is 11.0. The van der Waals surface area contributed by atoms with E-state index in [0.29, 0.717) is 10.9 Å². The third kappa shape index (κ3) is 6.33. The number of hydrogen-bond acceptors (Lipinski definition) is 4. The van der Waals surface area contributed by atoms with Crippen LogP contribution in [0.25, 0.3) is 10.9 Å². The Morgan fingerprint density at radius 2 is 1.58 bits per heavy atom. The van der Waals surface area contributed by atoms with Crippen LogP contribution < -0.4 is 0 Å². The van der Waals surface area contributed by atoms with E-state index in [4.69, 9.17) is 0 Å². The molecule has 0 aliphatic rings. The zero-order chi connectivity index (χ0) is 15.5. The number of rotatable bonds is 1. The summed E-state index contributed by atoms with van der Waals surface area (Å²) in [5.74, 6) is 0. The number of hydrogen-bond donors (Lipinski definition) is 0. The van der Waals surface area contributed by atoms with Gasteiger partial charge in [-0.3, -0.25) is 4.98 Å². The van der Waals surface area contributed by atoms with Crippen molar-refractivity contribution in [1.29, 1.82) is 0 Å². The molecule has 6 heteroatoms. The lowest BCUT2D eigenvalue weighted by Gasteiger charge is -1.92. The minimum atomic E-state index is -3.29. The topological polar surface area (TPSA) is 64.8 Å². The fourth-order valence-electron chi connectivity index (χ4n) is 1.01. The normalized spacial score (nSPS) is 9.21. The highest BCUT2D eigenvalue weighted by atomic mass is 32.2. The molecule has 0 aliphatic carbocycles. The average molecular weight is 287 g/mol. The van der Waals surface area contributed by atoms with Crippen molar-refractivity contribution in [1.82, 2.24) is 14.2 Å². The first kappa shape index (κ1) is 19.9. The minimum Gasteiger partial charge on any atom is -0.264 e. The summed E-state index contributed by atoms with van der Waals surface area (Å²) in [6.07, 6.45) is 5.69. The first-order valence-corrected chi connectivity index (χ1v) is 8.42. The van der Waals surface area contributed by atoms with E-state index in [0.717, 1.165) is 10.3 Å². The predicted octanol–water partition coefficient (Wildman–Crippen LogP) is 3.32. The highest BCUT2D eigenvalue weighted by molar-refractivity contribution is 7.89. The van der Waals surface area contributed by atoms with Gasteiger partial charge in [0.2, 0.25) is 0 Å². The lowest BCUT2D eigenvalue weighted by molar-refractivity contribution is 0.587. The molecule has 0 saturated carbocycles. The largest absolute Gasteiger partial charge is 0.264 e. The Hall–Kier alpha value is -1.43. The number of nitrogens with zero attached hydrogens (tertiary/aromatic N) is 3. The minimum absolute atomic E-state index is 0.625. The summed E-state index contributed by atoms with van der Waals surface area (Å²) in [5.41, 5.74) is 0.625. The Morgan fingerprint density at radius 3 is 2.00 bits per heavy atom. The van der Waals surface area contributed by atoms with Crippen molar-refractivity contribution in [2.75, 3.05) is 6.26 Å². The van der Waals surface area contributed by atoms with E-state index in [1.165, 1.54) is 6.20 Å². The van der Waals surface area contributed by atoms with Crippen LogP contribution in [0, 0.1) is 0 Å². The molecule has 0 saturated heterocycles. The lowest BCUT2D eigenvalue weighted by Crippen LogP contribution is -2.09. The highest BCUT2D eigenvalue weighted by Crippen LogP contribution is 2.09. The third-order valence-electron chi connectivity index (χ3n) is 1.62. The van der Waals surface area contributed by atoms with Gasteiger partial charge >= 0.3 is 0 Å². The predicted molar refractivity (Wildman–Crippen MR) is 81.8 cm³/mol. The quantitative estimate of drug-likeness (QED) is 0.807. The maximum Gasteiger partial charge on any atom is 0.250 e. The third-order valence-corrected chi connectivity index (χ3v) is 2.49. The van der Waals surface area contributed by atoms with Gasteiger partial charge < -0.3 is 0 Å². The van der Waals surface area contributed by atoms with Gasteiger partial charge in [-0.2, -0.15) is 9.19 Å².